The van der Waals surface area contributed by atoms with Crippen LogP contribution in [0.2, 0.25) is 0 Å². The van der Waals surface area contributed by atoms with Crippen molar-refractivity contribution >= 4 is 44.9 Å². The fourth-order valence-electron chi connectivity index (χ4n) is 4.91. The third-order valence-electron chi connectivity index (χ3n) is 7.13. The molecule has 2 aromatic heterocycles. The van der Waals surface area contributed by atoms with Crippen molar-refractivity contribution in [2.24, 2.45) is 14.1 Å². The van der Waals surface area contributed by atoms with Gasteiger partial charge in [0.25, 0.3) is 5.56 Å². The van der Waals surface area contributed by atoms with Gasteiger partial charge in [0.1, 0.15) is 5.82 Å². The number of aromatic nitrogens is 5. The van der Waals surface area contributed by atoms with Gasteiger partial charge in [-0.1, -0.05) is 85.6 Å². The van der Waals surface area contributed by atoms with Crippen molar-refractivity contribution in [3.63, 3.8) is 0 Å². The minimum atomic E-state index is -0.0993. The Morgan fingerprint density at radius 1 is 0.825 bits per heavy atom. The van der Waals surface area contributed by atoms with Crippen molar-refractivity contribution in [2.75, 3.05) is 11.1 Å². The van der Waals surface area contributed by atoms with Crippen LogP contribution in [0.5, 0.6) is 0 Å². The van der Waals surface area contributed by atoms with E-state index in [1.807, 2.05) is 66.2 Å². The van der Waals surface area contributed by atoms with Crippen molar-refractivity contribution in [3.05, 3.63) is 88.6 Å². The SMILES string of the molecule is Cn1c(Cc2nn(C)c(=O)c3ccccc23)nnc1SCCCCCCCC(=O)Nc1cccc2ccccc12. The number of thioether (sulfide) groups is 1. The zero-order valence-electron chi connectivity index (χ0n) is 23.0. The molecule has 8 nitrogen and oxygen atoms in total. The highest BCUT2D eigenvalue weighted by molar-refractivity contribution is 7.99. The summed E-state index contributed by atoms with van der Waals surface area (Å²) in [5.74, 6) is 1.86. The van der Waals surface area contributed by atoms with Gasteiger partial charge in [-0.25, -0.2) is 4.68 Å². The smallest absolute Gasteiger partial charge is 0.274 e. The Labute approximate surface area is 237 Å². The Kier molecular flexibility index (Phi) is 8.91. The molecule has 40 heavy (non-hydrogen) atoms. The van der Waals surface area contributed by atoms with Crippen LogP contribution in [0.25, 0.3) is 21.5 Å². The van der Waals surface area contributed by atoms with Crippen molar-refractivity contribution in [2.45, 2.75) is 50.1 Å². The topological polar surface area (TPSA) is 94.7 Å². The van der Waals surface area contributed by atoms with Gasteiger partial charge in [0.05, 0.1) is 17.5 Å². The van der Waals surface area contributed by atoms with Crippen molar-refractivity contribution in [3.8, 4) is 0 Å². The van der Waals surface area contributed by atoms with Crippen LogP contribution in [0.4, 0.5) is 5.69 Å². The summed E-state index contributed by atoms with van der Waals surface area (Å²) in [5, 5.41) is 21.0. The molecular weight excluding hydrogens is 520 g/mol. The second-order valence-corrected chi connectivity index (χ2v) is 11.1. The summed E-state index contributed by atoms with van der Waals surface area (Å²) in [4.78, 5) is 24.9. The number of fused-ring (bicyclic) bond motifs is 2. The standard InChI is InChI=1S/C31H34N6O2S/c1-36-28(21-27-24-16-9-10-17-25(24)30(39)37(2)35-27)33-34-31(36)40-20-11-5-3-4-6-19-29(38)32-26-18-12-14-22-13-7-8-15-23(22)26/h7-10,12-18H,3-6,11,19-21H2,1-2H3,(H,32,38). The van der Waals surface area contributed by atoms with E-state index < -0.39 is 0 Å². The van der Waals surface area contributed by atoms with Gasteiger partial charge in [0.2, 0.25) is 5.91 Å². The van der Waals surface area contributed by atoms with Gasteiger partial charge in [0.15, 0.2) is 5.16 Å². The number of benzene rings is 3. The molecule has 0 atom stereocenters. The highest BCUT2D eigenvalue weighted by atomic mass is 32.2. The van der Waals surface area contributed by atoms with E-state index in [4.69, 9.17) is 0 Å². The lowest BCUT2D eigenvalue weighted by Gasteiger charge is -2.09. The summed E-state index contributed by atoms with van der Waals surface area (Å²) in [6, 6.07) is 21.7. The summed E-state index contributed by atoms with van der Waals surface area (Å²) >= 11 is 1.71. The van der Waals surface area contributed by atoms with E-state index >= 15 is 0 Å². The predicted octanol–water partition coefficient (Wildman–Crippen LogP) is 5.88. The summed E-state index contributed by atoms with van der Waals surface area (Å²) in [6.07, 6.45) is 6.30. The molecule has 3 aromatic carbocycles. The third-order valence-corrected chi connectivity index (χ3v) is 8.23. The zero-order chi connectivity index (χ0) is 27.9. The van der Waals surface area contributed by atoms with Crippen LogP contribution in [0.1, 0.15) is 50.0 Å². The molecule has 0 aliphatic rings. The Bertz CT molecular complexity index is 1690. The molecule has 0 spiro atoms. The monoisotopic (exact) mass is 554 g/mol. The van der Waals surface area contributed by atoms with Gasteiger partial charge in [-0.15, -0.1) is 10.2 Å². The number of nitrogens with one attached hydrogen (secondary N) is 1. The van der Waals surface area contributed by atoms with E-state index in [2.05, 4.69) is 32.7 Å². The van der Waals surface area contributed by atoms with E-state index in [-0.39, 0.29) is 11.5 Å². The highest BCUT2D eigenvalue weighted by Gasteiger charge is 2.14. The first-order valence-electron chi connectivity index (χ1n) is 13.7. The minimum absolute atomic E-state index is 0.0749. The zero-order valence-corrected chi connectivity index (χ0v) is 23.8. The average Bonchev–Trinajstić information content (AvgIpc) is 3.31. The highest BCUT2D eigenvalue weighted by Crippen LogP contribution is 2.24. The van der Waals surface area contributed by atoms with Crippen molar-refractivity contribution in [1.29, 1.82) is 0 Å². The van der Waals surface area contributed by atoms with E-state index in [9.17, 15) is 9.59 Å². The molecule has 1 N–H and O–H groups in total. The second-order valence-electron chi connectivity index (χ2n) is 10.00. The van der Waals surface area contributed by atoms with Crippen molar-refractivity contribution < 1.29 is 4.79 Å². The van der Waals surface area contributed by atoms with Crippen LogP contribution in [0.3, 0.4) is 0 Å². The molecule has 0 fully saturated rings. The number of carbonyl (C=O) groups excluding carboxylic acids is 1. The summed E-state index contributed by atoms with van der Waals surface area (Å²) < 4.78 is 3.40. The number of hydrogen-bond acceptors (Lipinski definition) is 6. The van der Waals surface area contributed by atoms with Crippen LogP contribution < -0.4 is 10.9 Å². The first-order valence-corrected chi connectivity index (χ1v) is 14.7. The molecule has 0 unspecified atom stereocenters. The molecule has 1 amide bonds. The normalized spacial score (nSPS) is 11.3. The molecule has 206 valence electrons. The van der Waals surface area contributed by atoms with Gasteiger partial charge in [-0.2, -0.15) is 5.10 Å². The number of aryl methyl sites for hydroxylation is 1. The molecule has 5 aromatic rings. The second kappa shape index (κ2) is 12.9. The summed E-state index contributed by atoms with van der Waals surface area (Å²) in [5.41, 5.74) is 1.60. The number of unbranched alkanes of at least 4 members (excludes halogenated alkanes) is 4. The van der Waals surface area contributed by atoms with E-state index in [1.165, 1.54) is 4.68 Å². The maximum Gasteiger partial charge on any atom is 0.274 e. The number of nitrogens with zero attached hydrogens (tertiary/aromatic N) is 5. The van der Waals surface area contributed by atoms with Gasteiger partial charge in [-0.05, 0) is 30.4 Å². The van der Waals surface area contributed by atoms with E-state index in [0.717, 1.165) is 76.4 Å². The molecule has 2 heterocycles. The molecule has 0 radical (unpaired) electrons. The van der Waals surface area contributed by atoms with Gasteiger partial charge >= 0.3 is 0 Å². The molecule has 0 aliphatic heterocycles. The maximum absolute atomic E-state index is 12.4. The molecule has 0 aliphatic carbocycles. The molecule has 0 bridgehead atoms. The van der Waals surface area contributed by atoms with Crippen LogP contribution in [-0.2, 0) is 25.3 Å². The lowest BCUT2D eigenvalue weighted by Crippen LogP contribution is -2.21. The maximum atomic E-state index is 12.4. The largest absolute Gasteiger partial charge is 0.326 e. The Morgan fingerprint density at radius 2 is 1.52 bits per heavy atom. The van der Waals surface area contributed by atoms with Gasteiger partial charge in [0, 0.05) is 42.7 Å². The number of hydrogen-bond donors (Lipinski definition) is 1. The molecule has 0 saturated carbocycles. The molecule has 9 heteroatoms. The van der Waals surface area contributed by atoms with Crippen LogP contribution in [0, 0.1) is 0 Å². The summed E-state index contributed by atoms with van der Waals surface area (Å²) in [6.45, 7) is 0. The quantitative estimate of drug-likeness (QED) is 0.153. The van der Waals surface area contributed by atoms with E-state index in [0.29, 0.717) is 18.2 Å². The fraction of sp³-hybridized carbons (Fsp3) is 0.323. The minimum Gasteiger partial charge on any atom is -0.326 e. The molecule has 0 saturated heterocycles. The van der Waals surface area contributed by atoms with Crippen LogP contribution in [0.15, 0.2) is 76.7 Å². The Hall–Kier alpha value is -3.98. The van der Waals surface area contributed by atoms with Crippen LogP contribution in [-0.4, -0.2) is 36.2 Å². The molecular formula is C31H34N6O2S. The Morgan fingerprint density at radius 3 is 2.38 bits per heavy atom. The number of anilines is 1. The lowest BCUT2D eigenvalue weighted by molar-refractivity contribution is -0.116. The van der Waals surface area contributed by atoms with Crippen LogP contribution >= 0.6 is 11.8 Å². The number of carbonyl (C=O) groups is 1. The average molecular weight is 555 g/mol. The first-order chi connectivity index (χ1) is 19.5. The fourth-order valence-corrected chi connectivity index (χ4v) is 5.84. The Balaban J connectivity index is 1.02. The number of rotatable bonds is 12. The molecule has 5 rings (SSSR count). The van der Waals surface area contributed by atoms with Crippen molar-refractivity contribution in [1.82, 2.24) is 24.5 Å². The van der Waals surface area contributed by atoms with E-state index in [1.54, 1.807) is 18.8 Å². The first kappa shape index (κ1) is 27.6. The number of amides is 1. The third kappa shape index (κ3) is 6.42. The van der Waals surface area contributed by atoms with Gasteiger partial charge < -0.3 is 9.88 Å². The summed E-state index contributed by atoms with van der Waals surface area (Å²) in [7, 11) is 3.66. The predicted molar refractivity (Wildman–Crippen MR) is 162 cm³/mol. The van der Waals surface area contributed by atoms with Gasteiger partial charge in [-0.3, -0.25) is 9.59 Å². The lowest BCUT2D eigenvalue weighted by atomic mass is 10.1.